The van der Waals surface area contributed by atoms with E-state index in [0.29, 0.717) is 35.0 Å². The van der Waals surface area contributed by atoms with E-state index in [-0.39, 0.29) is 43.4 Å². The number of aryl methyl sites for hydroxylation is 1. The Hall–Kier alpha value is -4.74. The summed E-state index contributed by atoms with van der Waals surface area (Å²) in [6.45, 7) is 11.6. The third kappa shape index (κ3) is 8.19. The molecule has 1 N–H and O–H groups in total. The second-order valence-corrected chi connectivity index (χ2v) is 21.2. The fourth-order valence-corrected chi connectivity index (χ4v) is 11.4. The molecule has 1 aliphatic heterocycles. The highest BCUT2D eigenvalue weighted by atomic mass is 32.2. The Kier molecular flexibility index (Phi) is 10.7. The van der Waals surface area contributed by atoms with Crippen LogP contribution in [0.3, 0.4) is 0 Å². The number of hydrogen-bond acceptors (Lipinski definition) is 11. The van der Waals surface area contributed by atoms with E-state index in [2.05, 4.69) is 16.3 Å². The SMILES string of the molecule is C=C[C@@H]1C[C@]1(CC(=O)[C@@H]1C[C@@H](Oc2nc(-c3ccc(C(F)(F)F)cc3)nc3c2sc2ccccc23)CN1C(=O)[C@@H](Cc1nc(C)cs1)C(C)(C)C)C(=O)NS(=O)(=O)C1CC1. The number of rotatable bonds is 13. The number of ketones is 1. The number of sulfonamides is 1. The summed E-state index contributed by atoms with van der Waals surface area (Å²) in [7, 11) is -3.90. The number of hydrogen-bond donors (Lipinski definition) is 1. The molecule has 4 heterocycles. The van der Waals surface area contributed by atoms with Gasteiger partial charge < -0.3 is 9.64 Å². The average molecular weight is 880 g/mol. The van der Waals surface area contributed by atoms with Crippen molar-refractivity contribution in [2.45, 2.75) is 89.8 Å². The van der Waals surface area contributed by atoms with E-state index in [1.54, 1.807) is 6.08 Å². The van der Waals surface area contributed by atoms with E-state index < -0.39 is 73.5 Å². The molecular formula is C43H44F3N5O6S3. The third-order valence-electron chi connectivity index (χ3n) is 11.8. The van der Waals surface area contributed by atoms with E-state index in [0.717, 1.165) is 32.9 Å². The van der Waals surface area contributed by atoms with Crippen molar-refractivity contribution in [1.82, 2.24) is 24.6 Å². The predicted molar refractivity (Wildman–Crippen MR) is 224 cm³/mol. The van der Waals surface area contributed by atoms with Crippen LogP contribution in [0, 0.1) is 29.6 Å². The van der Waals surface area contributed by atoms with Crippen LogP contribution in [0.2, 0.25) is 0 Å². The van der Waals surface area contributed by atoms with E-state index in [1.165, 1.54) is 39.7 Å². The zero-order valence-electron chi connectivity index (χ0n) is 33.4. The van der Waals surface area contributed by atoms with Gasteiger partial charge in [-0.1, -0.05) is 57.2 Å². The van der Waals surface area contributed by atoms with Crippen LogP contribution in [0.1, 0.15) is 69.1 Å². The lowest BCUT2D eigenvalue weighted by molar-refractivity contribution is -0.144. The number of halogens is 3. The van der Waals surface area contributed by atoms with Gasteiger partial charge in [-0.3, -0.25) is 19.1 Å². The number of carbonyl (C=O) groups is 3. The molecule has 0 bridgehead atoms. The van der Waals surface area contributed by atoms with E-state index in [9.17, 15) is 36.0 Å². The summed E-state index contributed by atoms with van der Waals surface area (Å²) in [6.07, 6.45) is -2.53. The summed E-state index contributed by atoms with van der Waals surface area (Å²) in [4.78, 5) is 58.9. The Bertz CT molecular complexity index is 2630. The molecule has 2 aliphatic carbocycles. The Morgan fingerprint density at radius 2 is 1.78 bits per heavy atom. The number of carbonyl (C=O) groups excluding carboxylic acids is 3. The number of benzene rings is 2. The van der Waals surface area contributed by atoms with E-state index >= 15 is 0 Å². The summed E-state index contributed by atoms with van der Waals surface area (Å²) >= 11 is 2.84. The summed E-state index contributed by atoms with van der Waals surface area (Å²) < 4.78 is 76.5. The molecule has 316 valence electrons. The van der Waals surface area contributed by atoms with Gasteiger partial charge in [0.15, 0.2) is 11.6 Å². The molecule has 0 unspecified atom stereocenters. The number of thiophene rings is 1. The van der Waals surface area contributed by atoms with Gasteiger partial charge in [0.05, 0.1) is 39.3 Å². The molecule has 3 aromatic heterocycles. The largest absolute Gasteiger partial charge is 0.471 e. The third-order valence-corrected chi connectivity index (χ3v) is 15.8. The average Bonchev–Trinajstić information content (AvgIpc) is 4.04. The van der Waals surface area contributed by atoms with Crippen molar-refractivity contribution < 1.29 is 40.7 Å². The number of allylic oxidation sites excluding steroid dienone is 1. The number of Topliss-reactive ketones (excluding diaryl/α,β-unsaturated/α-hetero) is 1. The van der Waals surface area contributed by atoms with Crippen molar-refractivity contribution in [2.24, 2.45) is 22.7 Å². The number of nitrogens with one attached hydrogen (secondary N) is 1. The molecule has 0 spiro atoms. The maximum absolute atomic E-state index is 14.9. The van der Waals surface area contributed by atoms with Gasteiger partial charge in [0.25, 0.3) is 0 Å². The molecule has 3 fully saturated rings. The number of likely N-dealkylation sites (tertiary alicyclic amines) is 1. The minimum atomic E-state index is -4.53. The fourth-order valence-electron chi connectivity index (χ4n) is 8.12. The highest BCUT2D eigenvalue weighted by Gasteiger charge is 2.61. The topological polar surface area (TPSA) is 149 Å². The maximum atomic E-state index is 14.9. The molecule has 2 amide bonds. The van der Waals surface area contributed by atoms with Gasteiger partial charge in [-0.05, 0) is 55.7 Å². The van der Waals surface area contributed by atoms with Crippen LogP contribution in [0.4, 0.5) is 13.2 Å². The molecule has 3 aliphatic rings. The highest BCUT2D eigenvalue weighted by Crippen LogP contribution is 2.57. The smallest absolute Gasteiger partial charge is 0.416 e. The molecule has 5 aromatic rings. The van der Waals surface area contributed by atoms with Crippen LogP contribution in [0.25, 0.3) is 31.7 Å². The van der Waals surface area contributed by atoms with Gasteiger partial charge in [0.1, 0.15) is 10.8 Å². The van der Waals surface area contributed by atoms with Gasteiger partial charge in [0, 0.05) is 51.9 Å². The standard InChI is InChI=1S/C43H44F3N5O6S3/c1-6-25-19-42(25,40(54)50-60(55,56)28-15-16-28)20-32(52)31-17-27(21-51(31)39(53)30(41(3,4)5)18-34-47-23(2)22-58-34)57-38-36-35(29-9-7-8-10-33(29)59-36)48-37(49-38)24-11-13-26(14-12-24)43(44,45)46/h6-14,22,25,27-28,30-31H,1,15-21H2,2-5H3,(H,50,54)/t25-,27-,30-,31+,42-/m1/s1. The van der Waals surface area contributed by atoms with Gasteiger partial charge in [-0.2, -0.15) is 18.2 Å². The Morgan fingerprint density at radius 1 is 1.07 bits per heavy atom. The Morgan fingerprint density at radius 3 is 2.40 bits per heavy atom. The van der Waals surface area contributed by atoms with Gasteiger partial charge in [0.2, 0.25) is 27.7 Å². The second-order valence-electron chi connectivity index (χ2n) is 17.2. The normalized spacial score (nSPS) is 22.5. The van der Waals surface area contributed by atoms with E-state index in [4.69, 9.17) is 14.7 Å². The van der Waals surface area contributed by atoms with Crippen molar-refractivity contribution in [2.75, 3.05) is 6.54 Å². The Labute approximate surface area is 353 Å². The molecule has 1 saturated heterocycles. The first-order valence-electron chi connectivity index (χ1n) is 19.7. The molecule has 11 nitrogen and oxygen atoms in total. The predicted octanol–water partition coefficient (Wildman–Crippen LogP) is 8.31. The number of fused-ring (bicyclic) bond motifs is 3. The Balaban J connectivity index is 1.15. The first-order chi connectivity index (χ1) is 28.3. The quantitative estimate of drug-likeness (QED) is 0.115. The van der Waals surface area contributed by atoms with Gasteiger partial charge in [-0.15, -0.1) is 29.3 Å². The van der Waals surface area contributed by atoms with Crippen LogP contribution in [-0.2, 0) is 37.0 Å². The zero-order valence-corrected chi connectivity index (χ0v) is 35.9. The van der Waals surface area contributed by atoms with E-state index in [1.807, 2.05) is 57.3 Å². The molecular weight excluding hydrogens is 836 g/mol. The first kappa shape index (κ1) is 42.0. The summed E-state index contributed by atoms with van der Waals surface area (Å²) in [5, 5.41) is 2.86. The van der Waals surface area contributed by atoms with Gasteiger partial charge in [-0.25, -0.2) is 18.4 Å². The van der Waals surface area contributed by atoms with Crippen LogP contribution < -0.4 is 9.46 Å². The minimum absolute atomic E-state index is 0.00906. The summed E-state index contributed by atoms with van der Waals surface area (Å²) in [6, 6.07) is 11.1. The number of alkyl halides is 3. The maximum Gasteiger partial charge on any atom is 0.416 e. The van der Waals surface area contributed by atoms with Crippen molar-refractivity contribution in [3.05, 3.63) is 82.8 Å². The number of amides is 2. The van der Waals surface area contributed by atoms with Crippen LogP contribution in [0.5, 0.6) is 5.88 Å². The van der Waals surface area contributed by atoms with Crippen molar-refractivity contribution in [3.63, 3.8) is 0 Å². The van der Waals surface area contributed by atoms with Crippen molar-refractivity contribution in [1.29, 1.82) is 0 Å². The second kappa shape index (κ2) is 15.3. The molecule has 2 saturated carbocycles. The molecule has 17 heteroatoms. The summed E-state index contributed by atoms with van der Waals surface area (Å²) in [5.41, 5.74) is -0.996. The van der Waals surface area contributed by atoms with Crippen molar-refractivity contribution in [3.8, 4) is 17.3 Å². The molecule has 60 heavy (non-hydrogen) atoms. The van der Waals surface area contributed by atoms with Crippen molar-refractivity contribution >= 4 is 70.6 Å². The number of aromatic nitrogens is 3. The monoisotopic (exact) mass is 879 g/mol. The number of ether oxygens (including phenoxy) is 1. The number of thiazole rings is 1. The van der Waals surface area contributed by atoms with Crippen LogP contribution in [-0.4, -0.2) is 69.8 Å². The van der Waals surface area contributed by atoms with Crippen LogP contribution >= 0.6 is 22.7 Å². The lowest BCUT2D eigenvalue weighted by Gasteiger charge is -2.35. The first-order valence-corrected chi connectivity index (χ1v) is 23.0. The minimum Gasteiger partial charge on any atom is -0.471 e. The molecule has 8 rings (SSSR count). The molecule has 2 aromatic carbocycles. The fraction of sp³-hybridized carbons (Fsp3) is 0.442. The summed E-state index contributed by atoms with van der Waals surface area (Å²) in [5.74, 6) is -2.18. The zero-order chi connectivity index (χ0) is 42.9. The van der Waals surface area contributed by atoms with Crippen LogP contribution in [0.15, 0.2) is 66.6 Å². The molecule has 0 radical (unpaired) electrons. The lowest BCUT2D eigenvalue weighted by atomic mass is 9.77. The highest BCUT2D eigenvalue weighted by molar-refractivity contribution is 7.90. The van der Waals surface area contributed by atoms with Gasteiger partial charge >= 0.3 is 6.18 Å². The lowest BCUT2D eigenvalue weighted by Crippen LogP contribution is -2.48. The number of nitrogens with zero attached hydrogens (tertiary/aromatic N) is 4. The molecule has 5 atom stereocenters.